The average molecular weight is 366 g/mol. The van der Waals surface area contributed by atoms with Gasteiger partial charge in [-0.3, -0.25) is 0 Å². The third-order valence-electron chi connectivity index (χ3n) is 4.02. The Morgan fingerprint density at radius 2 is 1.15 bits per heavy atom. The SMILES string of the molecule is CC1=CC(C)=[C]([Ti]([C]2=C(C)C=C(C)C2)[SiH](C)C)C1.Cl.Cl. The molecule has 113 valence electrons. The molecule has 0 unspecified atom stereocenters. The molecule has 0 aliphatic heterocycles. The number of hydrogen-bond donors (Lipinski definition) is 0. The van der Waals surface area contributed by atoms with Crippen LogP contribution in [0, 0.1) is 0 Å². The molecule has 0 heterocycles. The van der Waals surface area contributed by atoms with E-state index in [4.69, 9.17) is 0 Å². The Labute approximate surface area is 143 Å². The van der Waals surface area contributed by atoms with Crippen molar-refractivity contribution in [1.29, 1.82) is 0 Å². The van der Waals surface area contributed by atoms with Gasteiger partial charge in [0.1, 0.15) is 0 Å². The summed E-state index contributed by atoms with van der Waals surface area (Å²) in [6.07, 6.45) is 7.46. The fourth-order valence-electron chi connectivity index (χ4n) is 3.35. The van der Waals surface area contributed by atoms with E-state index in [9.17, 15) is 0 Å². The average Bonchev–Trinajstić information content (AvgIpc) is 2.71. The Morgan fingerprint density at radius 3 is 1.35 bits per heavy atom. The fourth-order valence-corrected chi connectivity index (χ4v) is 17.6. The Balaban J connectivity index is 0.00000180. The molecule has 0 aromatic carbocycles. The van der Waals surface area contributed by atoms with Gasteiger partial charge < -0.3 is 0 Å². The van der Waals surface area contributed by atoms with Gasteiger partial charge in [-0.05, 0) is 0 Å². The molecule has 0 saturated heterocycles. The van der Waals surface area contributed by atoms with E-state index < -0.39 is 23.8 Å². The minimum atomic E-state index is -1.13. The van der Waals surface area contributed by atoms with Crippen LogP contribution in [0.15, 0.2) is 42.2 Å². The van der Waals surface area contributed by atoms with E-state index in [-0.39, 0.29) is 24.8 Å². The van der Waals surface area contributed by atoms with E-state index >= 15 is 0 Å². The number of allylic oxidation sites excluding steroid dienone is 8. The normalized spacial score (nSPS) is 17.9. The van der Waals surface area contributed by atoms with Crippen LogP contribution in [-0.2, 0) is 17.1 Å². The summed E-state index contributed by atoms with van der Waals surface area (Å²) in [5, 5.41) is 0. The van der Waals surface area contributed by atoms with Crippen LogP contribution >= 0.6 is 24.8 Å². The van der Waals surface area contributed by atoms with Gasteiger partial charge in [0.2, 0.25) is 0 Å². The first-order valence-corrected chi connectivity index (χ1v) is 14.2. The van der Waals surface area contributed by atoms with Crippen molar-refractivity contribution in [1.82, 2.24) is 0 Å². The summed E-state index contributed by atoms with van der Waals surface area (Å²) in [6, 6.07) is 0. The van der Waals surface area contributed by atoms with Crippen LogP contribution in [0.2, 0.25) is 13.1 Å². The molecule has 2 rings (SSSR count). The minimum absolute atomic E-state index is 0. The molecular formula is C16H27Cl2SiTi. The second kappa shape index (κ2) is 8.20. The van der Waals surface area contributed by atoms with Crippen molar-refractivity contribution < 1.29 is 17.1 Å². The summed E-state index contributed by atoms with van der Waals surface area (Å²) in [7, 11) is 0. The van der Waals surface area contributed by atoms with Crippen molar-refractivity contribution in [3.63, 3.8) is 0 Å². The van der Waals surface area contributed by atoms with Crippen molar-refractivity contribution in [2.75, 3.05) is 0 Å². The van der Waals surface area contributed by atoms with Gasteiger partial charge in [0, 0.05) is 0 Å². The molecule has 0 aromatic heterocycles. The zero-order chi connectivity index (χ0) is 13.4. The molecule has 0 aromatic rings. The summed E-state index contributed by atoms with van der Waals surface area (Å²) in [5.41, 5.74) is 6.41. The molecule has 20 heavy (non-hydrogen) atoms. The van der Waals surface area contributed by atoms with Gasteiger partial charge in [0.05, 0.1) is 0 Å². The fraction of sp³-hybridized carbons (Fsp3) is 0.500. The molecular weight excluding hydrogens is 339 g/mol. The zero-order valence-electron chi connectivity index (χ0n) is 13.5. The molecule has 0 spiro atoms. The molecule has 0 nitrogen and oxygen atoms in total. The van der Waals surface area contributed by atoms with E-state index in [1.807, 2.05) is 7.76 Å². The van der Waals surface area contributed by atoms with Crippen LogP contribution < -0.4 is 0 Å². The van der Waals surface area contributed by atoms with E-state index in [2.05, 4.69) is 52.9 Å². The molecule has 0 atom stereocenters. The minimum Gasteiger partial charge on any atom is -0.147 e. The van der Waals surface area contributed by atoms with Crippen molar-refractivity contribution in [2.45, 2.75) is 53.6 Å². The van der Waals surface area contributed by atoms with Crippen LogP contribution in [0.1, 0.15) is 40.5 Å². The van der Waals surface area contributed by atoms with Gasteiger partial charge in [-0.25, -0.2) is 0 Å². The molecule has 2 aliphatic carbocycles. The summed E-state index contributed by atoms with van der Waals surface area (Å²) >= 11 is -1.13. The van der Waals surface area contributed by atoms with Crippen LogP contribution in [0.3, 0.4) is 0 Å². The quantitative estimate of drug-likeness (QED) is 0.564. The molecule has 0 fully saturated rings. The van der Waals surface area contributed by atoms with E-state index in [0.717, 1.165) is 0 Å². The van der Waals surface area contributed by atoms with Gasteiger partial charge in [-0.15, -0.1) is 24.8 Å². The Hall–Kier alpha value is 0.471. The van der Waals surface area contributed by atoms with E-state index in [0.29, 0.717) is 0 Å². The van der Waals surface area contributed by atoms with Crippen molar-refractivity contribution >= 4 is 31.5 Å². The first-order chi connectivity index (χ1) is 8.40. The first kappa shape index (κ1) is 20.5. The van der Waals surface area contributed by atoms with Gasteiger partial charge >= 0.3 is 120 Å². The van der Waals surface area contributed by atoms with Crippen molar-refractivity contribution in [3.8, 4) is 0 Å². The third-order valence-corrected chi connectivity index (χ3v) is 17.3. The van der Waals surface area contributed by atoms with E-state index in [1.165, 1.54) is 12.8 Å². The molecule has 0 bridgehead atoms. The number of rotatable bonds is 3. The Kier molecular flexibility index (Phi) is 8.39. The molecule has 4 heteroatoms. The van der Waals surface area contributed by atoms with Crippen LogP contribution in [0.5, 0.6) is 0 Å². The summed E-state index contributed by atoms with van der Waals surface area (Å²) < 4.78 is 3.79. The second-order valence-electron chi connectivity index (χ2n) is 6.23. The molecule has 0 radical (unpaired) electrons. The van der Waals surface area contributed by atoms with Crippen LogP contribution in [0.4, 0.5) is 0 Å². The Bertz CT molecular complexity index is 457. The molecule has 0 N–H and O–H groups in total. The smallest absolute Gasteiger partial charge is 0.147 e. The van der Waals surface area contributed by atoms with E-state index in [1.54, 1.807) is 22.3 Å². The van der Waals surface area contributed by atoms with Crippen LogP contribution in [0.25, 0.3) is 0 Å². The maximum atomic E-state index is 2.58. The molecule has 0 saturated carbocycles. The largest absolute Gasteiger partial charge is 0.147 e. The maximum absolute atomic E-state index is 2.58. The Morgan fingerprint density at radius 1 is 0.800 bits per heavy atom. The third kappa shape index (κ3) is 4.24. The molecule has 2 aliphatic rings. The predicted molar refractivity (Wildman–Crippen MR) is 95.5 cm³/mol. The van der Waals surface area contributed by atoms with Gasteiger partial charge in [-0.1, -0.05) is 0 Å². The van der Waals surface area contributed by atoms with Crippen molar-refractivity contribution in [2.24, 2.45) is 0 Å². The van der Waals surface area contributed by atoms with Gasteiger partial charge in [0.15, 0.2) is 0 Å². The number of halogens is 2. The first-order valence-electron chi connectivity index (χ1n) is 7.01. The maximum Gasteiger partial charge on any atom is -0.147 e. The van der Waals surface area contributed by atoms with Gasteiger partial charge in [-0.2, -0.15) is 0 Å². The predicted octanol–water partition coefficient (Wildman–Crippen LogP) is 5.68. The standard InChI is InChI=1S/2C7H9.C2H7Si.2ClH.Ti/c2*1-6-3-4-7(2)5-6;1-3-2;;;/h2*5H,3H2,1-2H3;3H,1-2H3;2*1H;. The summed E-state index contributed by atoms with van der Waals surface area (Å²) in [5.74, 6) is 0. The summed E-state index contributed by atoms with van der Waals surface area (Å²) in [4.78, 5) is 0. The monoisotopic (exact) mass is 365 g/mol. The summed E-state index contributed by atoms with van der Waals surface area (Å²) in [6.45, 7) is 13.9. The number of hydrogen-bond acceptors (Lipinski definition) is 0. The van der Waals surface area contributed by atoms with Crippen molar-refractivity contribution in [3.05, 3.63) is 42.2 Å². The van der Waals surface area contributed by atoms with Crippen LogP contribution in [-0.4, -0.2) is 6.66 Å². The molecule has 0 amide bonds. The van der Waals surface area contributed by atoms with Gasteiger partial charge in [0.25, 0.3) is 0 Å². The second-order valence-corrected chi connectivity index (χ2v) is 19.5. The zero-order valence-corrected chi connectivity index (χ0v) is 17.8. The topological polar surface area (TPSA) is 0 Å².